The third-order valence-corrected chi connectivity index (χ3v) is 3.76. The Kier molecular flexibility index (Phi) is 6.17. The molecule has 1 amide bonds. The van der Waals surface area contributed by atoms with Crippen molar-refractivity contribution in [2.45, 2.75) is 20.0 Å². The largest absolute Gasteiger partial charge is 0.448 e. The highest BCUT2D eigenvalue weighted by Crippen LogP contribution is 2.17. The summed E-state index contributed by atoms with van der Waals surface area (Å²) in [6, 6.07) is 16.2. The number of esters is 1. The summed E-state index contributed by atoms with van der Waals surface area (Å²) >= 11 is 0. The van der Waals surface area contributed by atoms with E-state index >= 15 is 0 Å². The zero-order valence-electron chi connectivity index (χ0n) is 15.0. The van der Waals surface area contributed by atoms with Gasteiger partial charge in [-0.2, -0.15) is 0 Å². The van der Waals surface area contributed by atoms with Crippen LogP contribution in [-0.2, 0) is 9.53 Å². The first-order chi connectivity index (χ1) is 11.9. The van der Waals surface area contributed by atoms with Crippen molar-refractivity contribution in [1.82, 2.24) is 0 Å². The van der Waals surface area contributed by atoms with Crippen LogP contribution in [0.3, 0.4) is 0 Å². The van der Waals surface area contributed by atoms with Gasteiger partial charge in [0.25, 0.3) is 5.91 Å². The number of ether oxygens (including phenoxy) is 1. The van der Waals surface area contributed by atoms with Gasteiger partial charge in [-0.3, -0.25) is 4.79 Å². The molecule has 2 aromatic carbocycles. The Morgan fingerprint density at radius 3 is 2.08 bits per heavy atom. The summed E-state index contributed by atoms with van der Waals surface area (Å²) in [5.74, 6) is -0.986. The number of anilines is 2. The molecule has 25 heavy (non-hydrogen) atoms. The fourth-order valence-electron chi connectivity index (χ4n) is 2.31. The molecule has 132 valence electrons. The lowest BCUT2D eigenvalue weighted by atomic mass is 10.1. The van der Waals surface area contributed by atoms with Crippen molar-refractivity contribution in [2.24, 2.45) is 5.92 Å². The maximum atomic E-state index is 12.5. The van der Waals surface area contributed by atoms with Crippen LogP contribution in [0.5, 0.6) is 0 Å². The Hall–Kier alpha value is -2.82. The zero-order valence-corrected chi connectivity index (χ0v) is 15.0. The van der Waals surface area contributed by atoms with Gasteiger partial charge in [0.1, 0.15) is 0 Å². The lowest BCUT2D eigenvalue weighted by Crippen LogP contribution is -2.36. The van der Waals surface area contributed by atoms with Crippen molar-refractivity contribution in [3.8, 4) is 0 Å². The number of benzene rings is 2. The molecule has 0 fully saturated rings. The number of hydrogen-bond donors (Lipinski definition) is 1. The van der Waals surface area contributed by atoms with E-state index in [0.717, 1.165) is 5.69 Å². The third-order valence-electron chi connectivity index (χ3n) is 3.76. The number of carbonyl (C=O) groups is 2. The molecule has 1 atom stereocenters. The fourth-order valence-corrected chi connectivity index (χ4v) is 2.31. The highest BCUT2D eigenvalue weighted by molar-refractivity contribution is 5.97. The second-order valence-electron chi connectivity index (χ2n) is 6.37. The third kappa shape index (κ3) is 5.08. The van der Waals surface area contributed by atoms with E-state index in [-0.39, 0.29) is 11.8 Å². The Morgan fingerprint density at radius 2 is 1.56 bits per heavy atom. The molecule has 0 bridgehead atoms. The molecule has 0 aliphatic heterocycles. The molecule has 2 rings (SSSR count). The van der Waals surface area contributed by atoms with Gasteiger partial charge in [0.05, 0.1) is 5.56 Å². The van der Waals surface area contributed by atoms with Crippen LogP contribution in [0.25, 0.3) is 0 Å². The Morgan fingerprint density at radius 1 is 0.960 bits per heavy atom. The van der Waals surface area contributed by atoms with Gasteiger partial charge >= 0.3 is 5.97 Å². The van der Waals surface area contributed by atoms with E-state index in [0.29, 0.717) is 11.3 Å². The summed E-state index contributed by atoms with van der Waals surface area (Å²) in [5.41, 5.74) is 2.08. The lowest BCUT2D eigenvalue weighted by molar-refractivity contribution is -0.126. The summed E-state index contributed by atoms with van der Waals surface area (Å²) in [5, 5.41) is 2.78. The first-order valence-corrected chi connectivity index (χ1v) is 8.22. The number of nitrogens with zero attached hydrogens (tertiary/aromatic N) is 1. The van der Waals surface area contributed by atoms with E-state index in [1.165, 1.54) is 0 Å². The molecule has 0 aliphatic rings. The molecule has 0 spiro atoms. The predicted octanol–water partition coefficient (Wildman–Crippen LogP) is 3.57. The number of hydrogen-bond acceptors (Lipinski definition) is 4. The van der Waals surface area contributed by atoms with E-state index in [1.54, 1.807) is 24.3 Å². The van der Waals surface area contributed by atoms with Crippen molar-refractivity contribution in [3.05, 3.63) is 60.2 Å². The highest BCUT2D eigenvalue weighted by atomic mass is 16.5. The Labute approximate surface area is 148 Å². The Balaban J connectivity index is 2.07. The van der Waals surface area contributed by atoms with Crippen LogP contribution < -0.4 is 10.2 Å². The fraction of sp³-hybridized carbons (Fsp3) is 0.300. The van der Waals surface area contributed by atoms with Gasteiger partial charge in [-0.25, -0.2) is 4.79 Å². The molecule has 0 aliphatic carbocycles. The molecule has 0 saturated carbocycles. The van der Waals surface area contributed by atoms with Crippen molar-refractivity contribution in [2.75, 3.05) is 24.3 Å². The minimum atomic E-state index is -0.860. The van der Waals surface area contributed by atoms with Gasteiger partial charge < -0.3 is 15.0 Å². The summed E-state index contributed by atoms with van der Waals surface area (Å²) < 4.78 is 5.47. The van der Waals surface area contributed by atoms with Crippen LogP contribution in [0.1, 0.15) is 24.2 Å². The Bertz CT molecular complexity index is 709. The molecule has 1 N–H and O–H groups in total. The summed E-state index contributed by atoms with van der Waals surface area (Å²) in [7, 11) is 3.85. The summed E-state index contributed by atoms with van der Waals surface area (Å²) in [6.07, 6.45) is -0.860. The maximum Gasteiger partial charge on any atom is 0.338 e. The van der Waals surface area contributed by atoms with Gasteiger partial charge in [-0.05, 0) is 42.3 Å². The first-order valence-electron chi connectivity index (χ1n) is 8.22. The number of rotatable bonds is 6. The predicted molar refractivity (Wildman–Crippen MR) is 99.9 cm³/mol. The SMILES string of the molecule is CC(C)[C@@H](OC(=O)c1ccc(N(C)C)cc1)C(=O)Nc1ccccc1. The standard InChI is InChI=1S/C20H24N2O3/c1-14(2)18(19(23)21-16-8-6-5-7-9-16)25-20(24)15-10-12-17(13-11-15)22(3)4/h5-14,18H,1-4H3,(H,21,23)/t18-/m1/s1. The van der Waals surface area contributed by atoms with Gasteiger partial charge in [0.15, 0.2) is 6.10 Å². The quantitative estimate of drug-likeness (QED) is 0.817. The van der Waals surface area contributed by atoms with Gasteiger partial charge in [0.2, 0.25) is 0 Å². The molecule has 0 saturated heterocycles. The first kappa shape index (κ1) is 18.5. The molecule has 0 radical (unpaired) electrons. The number of para-hydroxylation sites is 1. The molecule has 5 nitrogen and oxygen atoms in total. The van der Waals surface area contributed by atoms with Crippen LogP contribution in [-0.4, -0.2) is 32.1 Å². The molecular formula is C20H24N2O3. The van der Waals surface area contributed by atoms with Gasteiger partial charge in [-0.15, -0.1) is 0 Å². The van der Waals surface area contributed by atoms with Crippen molar-refractivity contribution in [3.63, 3.8) is 0 Å². The van der Waals surface area contributed by atoms with E-state index in [1.807, 2.05) is 63.2 Å². The van der Waals surface area contributed by atoms with Crippen molar-refractivity contribution in [1.29, 1.82) is 0 Å². The average Bonchev–Trinajstić information content (AvgIpc) is 2.60. The summed E-state index contributed by atoms with van der Waals surface area (Å²) in [6.45, 7) is 3.69. The number of carbonyl (C=O) groups excluding carboxylic acids is 2. The maximum absolute atomic E-state index is 12.5. The molecule has 0 unspecified atom stereocenters. The topological polar surface area (TPSA) is 58.6 Å². The van der Waals surface area contributed by atoms with Crippen LogP contribution in [0.4, 0.5) is 11.4 Å². The molecule has 0 heterocycles. The van der Waals surface area contributed by atoms with E-state index in [2.05, 4.69) is 5.32 Å². The zero-order chi connectivity index (χ0) is 18.4. The second kappa shape index (κ2) is 8.33. The van der Waals surface area contributed by atoms with E-state index in [4.69, 9.17) is 4.74 Å². The second-order valence-corrected chi connectivity index (χ2v) is 6.37. The monoisotopic (exact) mass is 340 g/mol. The normalized spacial score (nSPS) is 11.7. The molecule has 0 aromatic heterocycles. The van der Waals surface area contributed by atoms with Crippen molar-refractivity contribution < 1.29 is 14.3 Å². The van der Waals surface area contributed by atoms with Crippen LogP contribution in [0, 0.1) is 5.92 Å². The van der Waals surface area contributed by atoms with Crippen LogP contribution in [0.15, 0.2) is 54.6 Å². The van der Waals surface area contributed by atoms with Crippen LogP contribution in [0.2, 0.25) is 0 Å². The minimum absolute atomic E-state index is 0.145. The van der Waals surface area contributed by atoms with E-state index < -0.39 is 12.1 Å². The smallest absolute Gasteiger partial charge is 0.338 e. The van der Waals surface area contributed by atoms with Gasteiger partial charge in [-0.1, -0.05) is 32.0 Å². The number of amides is 1. The van der Waals surface area contributed by atoms with Gasteiger partial charge in [0, 0.05) is 25.5 Å². The van der Waals surface area contributed by atoms with E-state index in [9.17, 15) is 9.59 Å². The molecule has 2 aromatic rings. The lowest BCUT2D eigenvalue weighted by Gasteiger charge is -2.21. The summed E-state index contributed by atoms with van der Waals surface area (Å²) in [4.78, 5) is 26.8. The van der Waals surface area contributed by atoms with Crippen LogP contribution >= 0.6 is 0 Å². The number of nitrogens with one attached hydrogen (secondary N) is 1. The molecule has 5 heteroatoms. The average molecular weight is 340 g/mol. The molecular weight excluding hydrogens is 316 g/mol. The minimum Gasteiger partial charge on any atom is -0.448 e. The highest BCUT2D eigenvalue weighted by Gasteiger charge is 2.27. The van der Waals surface area contributed by atoms with Crippen molar-refractivity contribution >= 4 is 23.3 Å².